The Morgan fingerprint density at radius 1 is 1.57 bits per heavy atom. The summed E-state index contributed by atoms with van der Waals surface area (Å²) in [6, 6.07) is 0. The molecule has 0 aliphatic rings. The molecule has 0 spiro atoms. The van der Waals surface area contributed by atoms with Crippen LogP contribution in [0, 0.1) is 0 Å². The minimum atomic E-state index is -2.64. The van der Waals surface area contributed by atoms with Gasteiger partial charge in [-0.2, -0.15) is 0 Å². The van der Waals surface area contributed by atoms with Crippen LogP contribution >= 0.6 is 23.2 Å². The molecular weight excluding hydrogens is 235 g/mol. The Morgan fingerprint density at radius 2 is 2.21 bits per heavy atom. The van der Waals surface area contributed by atoms with Gasteiger partial charge in [-0.25, -0.2) is 13.8 Å². The molecule has 0 aromatic carbocycles. The zero-order valence-electron chi connectivity index (χ0n) is 7.23. The minimum absolute atomic E-state index is 0.0419. The first-order valence-corrected chi connectivity index (χ1v) is 4.58. The third-order valence-electron chi connectivity index (χ3n) is 1.68. The van der Waals surface area contributed by atoms with E-state index in [-0.39, 0.29) is 27.9 Å². The fourth-order valence-electron chi connectivity index (χ4n) is 0.985. The number of alkyl halides is 3. The molecule has 0 fully saturated rings. The molecule has 0 atom stereocenters. The zero-order chi connectivity index (χ0) is 10.7. The van der Waals surface area contributed by atoms with Gasteiger partial charge in [-0.05, 0) is 0 Å². The normalized spacial score (nSPS) is 10.7. The summed E-state index contributed by atoms with van der Waals surface area (Å²) in [6.45, 7) is 0. The van der Waals surface area contributed by atoms with Crippen LogP contribution in [-0.2, 0) is 5.88 Å². The summed E-state index contributed by atoms with van der Waals surface area (Å²) in [5.74, 6) is 0.00363. The van der Waals surface area contributed by atoms with E-state index in [0.29, 0.717) is 0 Å². The monoisotopic (exact) mass is 241 g/mol. The van der Waals surface area contributed by atoms with Crippen molar-refractivity contribution < 1.29 is 13.5 Å². The molecule has 2 nitrogen and oxygen atoms in total. The molecule has 0 bridgehead atoms. The average Bonchev–Trinajstić information content (AvgIpc) is 2.17. The predicted octanol–water partition coefficient (Wildman–Crippen LogP) is 3.42. The van der Waals surface area contributed by atoms with Gasteiger partial charge in [0.15, 0.2) is 0 Å². The number of hydrogen-bond acceptors (Lipinski definition) is 2. The van der Waals surface area contributed by atoms with Gasteiger partial charge in [0.05, 0.1) is 7.11 Å². The molecule has 1 aromatic rings. The Labute approximate surface area is 89.8 Å². The van der Waals surface area contributed by atoms with Crippen LogP contribution in [0.1, 0.15) is 17.6 Å². The molecule has 0 aliphatic heterocycles. The van der Waals surface area contributed by atoms with E-state index >= 15 is 0 Å². The highest BCUT2D eigenvalue weighted by molar-refractivity contribution is 6.33. The maximum Gasteiger partial charge on any atom is 0.265 e. The van der Waals surface area contributed by atoms with Gasteiger partial charge in [0.2, 0.25) is 5.88 Å². The molecule has 1 aromatic heterocycles. The average molecular weight is 242 g/mol. The SMILES string of the molecule is COc1ncc(C(F)F)c(CCl)c1Cl. The molecule has 0 saturated carbocycles. The molecule has 78 valence electrons. The van der Waals surface area contributed by atoms with Crippen LogP contribution in [0.3, 0.4) is 0 Å². The van der Waals surface area contributed by atoms with Crippen molar-refractivity contribution in [3.63, 3.8) is 0 Å². The number of nitrogens with zero attached hydrogens (tertiary/aromatic N) is 1. The summed E-state index contributed by atoms with van der Waals surface area (Å²) in [4.78, 5) is 3.63. The second kappa shape index (κ2) is 4.75. The van der Waals surface area contributed by atoms with Crippen molar-refractivity contribution in [2.24, 2.45) is 0 Å². The molecular formula is C8H7Cl2F2NO. The first-order valence-electron chi connectivity index (χ1n) is 3.67. The van der Waals surface area contributed by atoms with E-state index in [4.69, 9.17) is 27.9 Å². The lowest BCUT2D eigenvalue weighted by Gasteiger charge is -2.10. The highest BCUT2D eigenvalue weighted by atomic mass is 35.5. The van der Waals surface area contributed by atoms with Gasteiger partial charge in [-0.1, -0.05) is 11.6 Å². The van der Waals surface area contributed by atoms with E-state index in [2.05, 4.69) is 4.98 Å². The van der Waals surface area contributed by atoms with Crippen molar-refractivity contribution in [1.29, 1.82) is 0 Å². The number of halogens is 4. The highest BCUT2D eigenvalue weighted by Crippen LogP contribution is 2.33. The summed E-state index contributed by atoms with van der Waals surface area (Å²) in [6.07, 6.45) is -1.62. The number of pyridine rings is 1. The maximum atomic E-state index is 12.4. The van der Waals surface area contributed by atoms with E-state index in [0.717, 1.165) is 6.20 Å². The topological polar surface area (TPSA) is 22.1 Å². The van der Waals surface area contributed by atoms with Gasteiger partial charge in [0, 0.05) is 23.2 Å². The summed E-state index contributed by atoms with van der Waals surface area (Å²) in [7, 11) is 1.36. The molecule has 0 amide bonds. The zero-order valence-corrected chi connectivity index (χ0v) is 8.74. The van der Waals surface area contributed by atoms with Crippen molar-refractivity contribution in [1.82, 2.24) is 4.98 Å². The minimum Gasteiger partial charge on any atom is -0.480 e. The van der Waals surface area contributed by atoms with E-state index in [1.807, 2.05) is 0 Å². The molecule has 14 heavy (non-hydrogen) atoms. The van der Waals surface area contributed by atoms with E-state index in [1.54, 1.807) is 0 Å². The maximum absolute atomic E-state index is 12.4. The Bertz CT molecular complexity index is 333. The summed E-state index contributed by atoms with van der Waals surface area (Å²) in [5, 5.41) is 0.0419. The quantitative estimate of drug-likeness (QED) is 0.757. The van der Waals surface area contributed by atoms with Gasteiger partial charge in [0.25, 0.3) is 6.43 Å². The molecule has 1 heterocycles. The predicted molar refractivity (Wildman–Crippen MR) is 50.3 cm³/mol. The molecule has 0 N–H and O–H groups in total. The van der Waals surface area contributed by atoms with Crippen LogP contribution in [-0.4, -0.2) is 12.1 Å². The standard InChI is InChI=1S/C8H7Cl2F2NO/c1-14-8-6(10)4(2-9)5(3-13-8)7(11)12/h3,7H,2H2,1H3. The lowest BCUT2D eigenvalue weighted by Crippen LogP contribution is -1.98. The fourth-order valence-corrected chi connectivity index (χ4v) is 1.64. The lowest BCUT2D eigenvalue weighted by molar-refractivity contribution is 0.150. The van der Waals surface area contributed by atoms with Crippen molar-refractivity contribution in [2.45, 2.75) is 12.3 Å². The van der Waals surface area contributed by atoms with Crippen molar-refractivity contribution >= 4 is 23.2 Å². The fraction of sp³-hybridized carbons (Fsp3) is 0.375. The Hall–Kier alpha value is -0.610. The Morgan fingerprint density at radius 3 is 2.64 bits per heavy atom. The second-order valence-electron chi connectivity index (χ2n) is 2.45. The number of hydrogen-bond donors (Lipinski definition) is 0. The van der Waals surface area contributed by atoms with Crippen LogP contribution in [0.5, 0.6) is 5.88 Å². The van der Waals surface area contributed by atoms with Crippen molar-refractivity contribution in [3.8, 4) is 5.88 Å². The summed E-state index contributed by atoms with van der Waals surface area (Å²) < 4.78 is 29.6. The van der Waals surface area contributed by atoms with Crippen LogP contribution in [0.2, 0.25) is 5.02 Å². The largest absolute Gasteiger partial charge is 0.480 e. The van der Waals surface area contributed by atoms with Crippen LogP contribution in [0.25, 0.3) is 0 Å². The first-order chi connectivity index (χ1) is 6.61. The van der Waals surface area contributed by atoms with Crippen molar-refractivity contribution in [2.75, 3.05) is 7.11 Å². The number of ether oxygens (including phenoxy) is 1. The molecule has 6 heteroatoms. The molecule has 0 radical (unpaired) electrons. The van der Waals surface area contributed by atoms with E-state index in [1.165, 1.54) is 7.11 Å². The summed E-state index contributed by atoms with van der Waals surface area (Å²) >= 11 is 11.3. The van der Waals surface area contributed by atoms with Gasteiger partial charge >= 0.3 is 0 Å². The molecule has 0 unspecified atom stereocenters. The second-order valence-corrected chi connectivity index (χ2v) is 3.09. The Kier molecular flexibility index (Phi) is 3.89. The van der Waals surface area contributed by atoms with Crippen LogP contribution in [0.15, 0.2) is 6.20 Å². The van der Waals surface area contributed by atoms with Gasteiger partial charge in [0.1, 0.15) is 5.02 Å². The van der Waals surface area contributed by atoms with Crippen LogP contribution < -0.4 is 4.74 Å². The summed E-state index contributed by atoms with van der Waals surface area (Å²) in [5.41, 5.74) is -0.0963. The van der Waals surface area contributed by atoms with E-state index in [9.17, 15) is 8.78 Å². The first kappa shape index (κ1) is 11.5. The highest BCUT2D eigenvalue weighted by Gasteiger charge is 2.18. The molecule has 1 rings (SSSR count). The van der Waals surface area contributed by atoms with E-state index < -0.39 is 6.43 Å². The molecule has 0 saturated heterocycles. The van der Waals surface area contributed by atoms with Gasteiger partial charge in [-0.15, -0.1) is 11.6 Å². The Balaban J connectivity index is 3.28. The third kappa shape index (κ3) is 2.07. The number of methoxy groups -OCH3 is 1. The number of rotatable bonds is 3. The molecule has 0 aliphatic carbocycles. The third-order valence-corrected chi connectivity index (χ3v) is 2.34. The van der Waals surface area contributed by atoms with Gasteiger partial charge < -0.3 is 4.74 Å². The number of aromatic nitrogens is 1. The van der Waals surface area contributed by atoms with Crippen LogP contribution in [0.4, 0.5) is 8.78 Å². The van der Waals surface area contributed by atoms with Crippen molar-refractivity contribution in [3.05, 3.63) is 22.3 Å². The van der Waals surface area contributed by atoms with Gasteiger partial charge in [-0.3, -0.25) is 0 Å². The smallest absolute Gasteiger partial charge is 0.265 e. The lowest BCUT2D eigenvalue weighted by atomic mass is 10.1.